The molecule has 0 aliphatic heterocycles. The standard InChI is InChI=1S/C11H12N2O4/c1-7-11(14)13(17-3)9-5-4-8(16-2)6-10(9)12(7)15/h4-6H,1-3H3. The zero-order valence-corrected chi connectivity index (χ0v) is 9.76. The fourth-order valence-corrected chi connectivity index (χ4v) is 1.67. The fourth-order valence-electron chi connectivity index (χ4n) is 1.67. The molecular formula is C11H12N2O4. The molecule has 1 aromatic carbocycles. The minimum Gasteiger partial charge on any atom is -0.618 e. The van der Waals surface area contributed by atoms with Gasteiger partial charge in [0.25, 0.3) is 5.69 Å². The number of fused-ring (bicyclic) bond motifs is 1. The maximum atomic E-state index is 11.9. The summed E-state index contributed by atoms with van der Waals surface area (Å²) in [5.74, 6) is 0.544. The van der Waals surface area contributed by atoms with Crippen LogP contribution in [0, 0.1) is 12.1 Å². The van der Waals surface area contributed by atoms with Crippen molar-refractivity contribution in [2.45, 2.75) is 6.92 Å². The van der Waals surface area contributed by atoms with E-state index in [1.807, 2.05) is 0 Å². The summed E-state index contributed by atoms with van der Waals surface area (Å²) in [5, 5.41) is 11.9. The van der Waals surface area contributed by atoms with Crippen molar-refractivity contribution in [2.75, 3.05) is 14.2 Å². The van der Waals surface area contributed by atoms with Crippen LogP contribution < -0.4 is 19.9 Å². The van der Waals surface area contributed by atoms with Crippen molar-refractivity contribution >= 4 is 11.0 Å². The highest BCUT2D eigenvalue weighted by molar-refractivity contribution is 5.73. The predicted molar refractivity (Wildman–Crippen MR) is 61.0 cm³/mol. The van der Waals surface area contributed by atoms with Crippen LogP contribution in [0.5, 0.6) is 5.75 Å². The van der Waals surface area contributed by atoms with E-state index in [9.17, 15) is 10.0 Å². The molecule has 0 saturated heterocycles. The normalized spacial score (nSPS) is 10.5. The van der Waals surface area contributed by atoms with E-state index >= 15 is 0 Å². The second kappa shape index (κ2) is 3.97. The van der Waals surface area contributed by atoms with Gasteiger partial charge < -0.3 is 14.8 Å². The highest BCUT2D eigenvalue weighted by Gasteiger charge is 2.18. The van der Waals surface area contributed by atoms with Crippen LogP contribution in [-0.4, -0.2) is 19.0 Å². The van der Waals surface area contributed by atoms with Crippen molar-refractivity contribution in [3.63, 3.8) is 0 Å². The molecule has 0 spiro atoms. The van der Waals surface area contributed by atoms with Gasteiger partial charge in [-0.3, -0.25) is 4.79 Å². The molecule has 1 aromatic heterocycles. The number of aromatic nitrogens is 2. The van der Waals surface area contributed by atoms with Gasteiger partial charge >= 0.3 is 5.56 Å². The summed E-state index contributed by atoms with van der Waals surface area (Å²) in [7, 11) is 2.88. The SMILES string of the molecule is COc1ccc2c(c1)[n+]([O-])c(C)c(=O)n2OC. The fraction of sp³-hybridized carbons (Fsp3) is 0.273. The van der Waals surface area contributed by atoms with Crippen LogP contribution in [0.1, 0.15) is 5.69 Å². The van der Waals surface area contributed by atoms with Crippen molar-refractivity contribution in [1.82, 2.24) is 4.73 Å². The second-order valence-corrected chi connectivity index (χ2v) is 3.52. The van der Waals surface area contributed by atoms with Crippen molar-refractivity contribution in [1.29, 1.82) is 0 Å². The van der Waals surface area contributed by atoms with Gasteiger partial charge in [0.1, 0.15) is 12.9 Å². The minimum atomic E-state index is -0.472. The zero-order valence-electron chi connectivity index (χ0n) is 9.76. The molecule has 6 nitrogen and oxygen atoms in total. The van der Waals surface area contributed by atoms with Crippen LogP contribution in [0.2, 0.25) is 0 Å². The molecule has 6 heteroatoms. The van der Waals surface area contributed by atoms with Gasteiger partial charge in [0.15, 0.2) is 5.52 Å². The lowest BCUT2D eigenvalue weighted by atomic mass is 10.2. The van der Waals surface area contributed by atoms with E-state index in [-0.39, 0.29) is 5.69 Å². The summed E-state index contributed by atoms with van der Waals surface area (Å²) >= 11 is 0. The molecular weight excluding hydrogens is 224 g/mol. The van der Waals surface area contributed by atoms with E-state index in [4.69, 9.17) is 9.57 Å². The van der Waals surface area contributed by atoms with Crippen LogP contribution in [0.4, 0.5) is 0 Å². The van der Waals surface area contributed by atoms with Gasteiger partial charge in [-0.15, -0.1) is 4.73 Å². The number of nitrogens with zero attached hydrogens (tertiary/aromatic N) is 2. The van der Waals surface area contributed by atoms with Crippen LogP contribution in [0.25, 0.3) is 11.0 Å². The predicted octanol–water partition coefficient (Wildman–Crippen LogP) is 0.0103. The monoisotopic (exact) mass is 236 g/mol. The van der Waals surface area contributed by atoms with Crippen molar-refractivity contribution in [3.05, 3.63) is 39.5 Å². The summed E-state index contributed by atoms with van der Waals surface area (Å²) < 4.78 is 6.70. The molecule has 0 bridgehead atoms. The number of methoxy groups -OCH3 is 1. The molecule has 0 fully saturated rings. The molecule has 0 saturated carbocycles. The van der Waals surface area contributed by atoms with E-state index in [1.54, 1.807) is 18.2 Å². The van der Waals surface area contributed by atoms with Gasteiger partial charge in [0.2, 0.25) is 5.52 Å². The molecule has 0 unspecified atom stereocenters. The first-order valence-electron chi connectivity index (χ1n) is 4.97. The Hall–Kier alpha value is -2.24. The quantitative estimate of drug-likeness (QED) is 0.544. The van der Waals surface area contributed by atoms with E-state index in [1.165, 1.54) is 21.1 Å². The summed E-state index contributed by atoms with van der Waals surface area (Å²) in [6, 6.07) is 4.82. The summed E-state index contributed by atoms with van der Waals surface area (Å²) in [6.45, 7) is 1.45. The Bertz CT molecular complexity index is 633. The summed E-state index contributed by atoms with van der Waals surface area (Å²) in [4.78, 5) is 16.8. The van der Waals surface area contributed by atoms with Gasteiger partial charge in [0.05, 0.1) is 13.2 Å². The van der Waals surface area contributed by atoms with Crippen LogP contribution >= 0.6 is 0 Å². The van der Waals surface area contributed by atoms with Crippen LogP contribution in [-0.2, 0) is 0 Å². The number of hydrogen-bond donors (Lipinski definition) is 0. The third-order valence-corrected chi connectivity index (χ3v) is 2.60. The molecule has 0 atom stereocenters. The molecule has 2 rings (SSSR count). The molecule has 0 aliphatic rings. The lowest BCUT2D eigenvalue weighted by Gasteiger charge is -2.10. The van der Waals surface area contributed by atoms with E-state index in [0.29, 0.717) is 21.5 Å². The van der Waals surface area contributed by atoms with E-state index in [0.717, 1.165) is 4.73 Å². The molecule has 0 N–H and O–H groups in total. The first kappa shape index (κ1) is 11.3. The summed E-state index contributed by atoms with van der Waals surface area (Å²) in [5.41, 5.74) is 0.301. The van der Waals surface area contributed by atoms with Gasteiger partial charge in [-0.25, -0.2) is 0 Å². The first-order valence-corrected chi connectivity index (χ1v) is 4.97. The topological polar surface area (TPSA) is 67.4 Å². The van der Waals surface area contributed by atoms with E-state index < -0.39 is 5.56 Å². The second-order valence-electron chi connectivity index (χ2n) is 3.52. The third-order valence-electron chi connectivity index (χ3n) is 2.60. The van der Waals surface area contributed by atoms with Gasteiger partial charge in [-0.1, -0.05) is 0 Å². The first-order chi connectivity index (χ1) is 8.10. The lowest BCUT2D eigenvalue weighted by Crippen LogP contribution is -2.43. The van der Waals surface area contributed by atoms with Crippen LogP contribution in [0.3, 0.4) is 0 Å². The van der Waals surface area contributed by atoms with Crippen molar-refractivity contribution in [3.8, 4) is 5.75 Å². The minimum absolute atomic E-state index is 0.0487. The largest absolute Gasteiger partial charge is 0.618 e. The average Bonchev–Trinajstić information content (AvgIpc) is 2.36. The molecule has 0 amide bonds. The Kier molecular flexibility index (Phi) is 2.63. The number of hydrogen-bond acceptors (Lipinski definition) is 4. The Balaban J connectivity index is 2.95. The Morgan fingerprint density at radius 2 is 2.06 bits per heavy atom. The van der Waals surface area contributed by atoms with E-state index in [2.05, 4.69) is 0 Å². The molecule has 1 heterocycles. The molecule has 90 valence electrons. The van der Waals surface area contributed by atoms with Crippen LogP contribution in [0.15, 0.2) is 23.0 Å². The Morgan fingerprint density at radius 1 is 1.35 bits per heavy atom. The van der Waals surface area contributed by atoms with Crippen molar-refractivity contribution in [2.24, 2.45) is 0 Å². The highest BCUT2D eigenvalue weighted by atomic mass is 16.7. The summed E-state index contributed by atoms with van der Waals surface area (Å²) in [6.07, 6.45) is 0. The number of benzene rings is 1. The Morgan fingerprint density at radius 3 is 2.65 bits per heavy atom. The molecule has 17 heavy (non-hydrogen) atoms. The number of ether oxygens (including phenoxy) is 1. The third kappa shape index (κ3) is 1.57. The molecule has 0 radical (unpaired) electrons. The Labute approximate surface area is 97.2 Å². The smallest absolute Gasteiger partial charge is 0.352 e. The highest BCUT2D eigenvalue weighted by Crippen LogP contribution is 2.16. The van der Waals surface area contributed by atoms with Gasteiger partial charge in [-0.05, 0) is 12.1 Å². The zero-order chi connectivity index (χ0) is 12.6. The molecule has 2 aromatic rings. The molecule has 0 aliphatic carbocycles. The van der Waals surface area contributed by atoms with Gasteiger partial charge in [0, 0.05) is 6.92 Å². The maximum Gasteiger partial charge on any atom is 0.352 e. The van der Waals surface area contributed by atoms with Crippen molar-refractivity contribution < 1.29 is 14.3 Å². The lowest BCUT2D eigenvalue weighted by molar-refractivity contribution is -0.586. The maximum absolute atomic E-state index is 11.9. The number of rotatable bonds is 2. The van der Waals surface area contributed by atoms with Gasteiger partial charge in [-0.2, -0.15) is 4.73 Å². The average molecular weight is 236 g/mol.